The molecule has 56 heavy (non-hydrogen) atoms. The molecule has 0 saturated heterocycles. The first-order chi connectivity index (χ1) is 26.7. The van der Waals surface area contributed by atoms with Gasteiger partial charge in [0.25, 0.3) is 5.91 Å². The van der Waals surface area contributed by atoms with Gasteiger partial charge >= 0.3 is 11.9 Å². The fourth-order valence-electron chi connectivity index (χ4n) is 4.91. The molecule has 0 saturated carbocycles. The Bertz CT molecular complexity index is 1380. The molecule has 1 aromatic carbocycles. The number of anilines is 1. The van der Waals surface area contributed by atoms with Gasteiger partial charge in [-0.25, -0.2) is 0 Å². The summed E-state index contributed by atoms with van der Waals surface area (Å²) < 4.78 is 37.5. The van der Waals surface area contributed by atoms with E-state index >= 15 is 0 Å². The second-order valence-electron chi connectivity index (χ2n) is 14.4. The summed E-state index contributed by atoms with van der Waals surface area (Å²) in [7, 11) is 0. The smallest absolute Gasteiger partial charge is 0.308 e. The molecule has 1 rings (SSSR count). The number of benzene rings is 1. The van der Waals surface area contributed by atoms with Gasteiger partial charge in [-0.1, -0.05) is 40.7 Å². The van der Waals surface area contributed by atoms with Gasteiger partial charge in [0.05, 0.1) is 91.2 Å². The van der Waals surface area contributed by atoms with E-state index in [9.17, 15) is 24.0 Å². The first-order valence-electron chi connectivity index (χ1n) is 19.3. The van der Waals surface area contributed by atoms with Crippen LogP contribution in [0.5, 0.6) is 5.75 Å². The zero-order chi connectivity index (χ0) is 41.6. The van der Waals surface area contributed by atoms with Crippen LogP contribution in [0.15, 0.2) is 18.2 Å². The lowest BCUT2D eigenvalue weighted by atomic mass is 9.76. The van der Waals surface area contributed by atoms with Crippen LogP contribution in [0.4, 0.5) is 5.69 Å². The lowest BCUT2D eigenvalue weighted by molar-refractivity contribution is -0.138. The molecule has 0 aromatic heterocycles. The Morgan fingerprint density at radius 1 is 0.732 bits per heavy atom. The van der Waals surface area contributed by atoms with E-state index in [1.165, 1.54) is 6.92 Å². The highest BCUT2D eigenvalue weighted by Gasteiger charge is 2.22. The van der Waals surface area contributed by atoms with Gasteiger partial charge in [0, 0.05) is 32.4 Å². The molecule has 3 N–H and O–H groups in total. The van der Waals surface area contributed by atoms with Gasteiger partial charge in [0.15, 0.2) is 5.75 Å². The number of carboxylic acids is 1. The Kier molecular flexibility index (Phi) is 27.1. The molecule has 0 heterocycles. The van der Waals surface area contributed by atoms with E-state index in [1.54, 1.807) is 6.07 Å². The molecular formula is C41H64N2O13. The molecule has 2 amide bonds. The number of hydrogen-bond donors (Lipinski definition) is 3. The van der Waals surface area contributed by atoms with Crippen LogP contribution in [-0.4, -0.2) is 120 Å². The third-order valence-corrected chi connectivity index (χ3v) is 8.35. The number of ketones is 1. The van der Waals surface area contributed by atoms with Crippen molar-refractivity contribution in [2.24, 2.45) is 17.3 Å². The Labute approximate surface area is 332 Å². The average molecular weight is 793 g/mol. The number of carbonyl (C=O) groups excluding carboxylic acids is 4. The van der Waals surface area contributed by atoms with Crippen LogP contribution in [0.25, 0.3) is 0 Å². The highest BCUT2D eigenvalue weighted by atomic mass is 16.6. The monoisotopic (exact) mass is 792 g/mol. The van der Waals surface area contributed by atoms with Crippen molar-refractivity contribution in [2.45, 2.75) is 80.1 Å². The molecule has 0 radical (unpaired) electrons. The first kappa shape index (κ1) is 50.1. The van der Waals surface area contributed by atoms with Gasteiger partial charge in [-0.05, 0) is 60.1 Å². The van der Waals surface area contributed by atoms with E-state index < -0.39 is 17.8 Å². The molecule has 0 fully saturated rings. The Morgan fingerprint density at radius 2 is 1.29 bits per heavy atom. The van der Waals surface area contributed by atoms with E-state index in [0.717, 1.165) is 18.4 Å². The van der Waals surface area contributed by atoms with Crippen molar-refractivity contribution in [3.63, 3.8) is 0 Å². The predicted octanol–water partition coefficient (Wildman–Crippen LogP) is 4.23. The van der Waals surface area contributed by atoms with Crippen LogP contribution < -0.4 is 15.4 Å². The summed E-state index contributed by atoms with van der Waals surface area (Å²) in [6.07, 6.45) is 2.59. The Morgan fingerprint density at radius 3 is 1.86 bits per heavy atom. The van der Waals surface area contributed by atoms with Gasteiger partial charge < -0.3 is 48.9 Å². The number of nitrogens with one attached hydrogen (secondary N) is 2. The standard InChI is InChI=1S/C41H64N2O13/c1-31(28-32(2)41(4,5)6)29-34-9-11-37(56-33(3)44)36(30-34)43-39(47)13-17-51-21-25-54-24-20-50-16-7-8-35(45)10-12-38(46)42-15-19-53-23-27-55-26-22-52-18-14-40(48)49/h9,11,30-32H,7-8,13-29H2,1-6H3,(H,42,46)(H,43,47)(H,48,49)/t31-,32?/m1/s1. The second kappa shape index (κ2) is 30.3. The van der Waals surface area contributed by atoms with Crippen LogP contribution in [0.2, 0.25) is 0 Å². The van der Waals surface area contributed by atoms with Crippen molar-refractivity contribution in [2.75, 3.05) is 91.1 Å². The van der Waals surface area contributed by atoms with Crippen LogP contribution >= 0.6 is 0 Å². The Balaban J connectivity index is 2.11. The van der Waals surface area contributed by atoms with E-state index in [-0.39, 0.29) is 62.7 Å². The summed E-state index contributed by atoms with van der Waals surface area (Å²) in [5.74, 6) is 3.30. The number of rotatable bonds is 31. The third kappa shape index (κ3) is 27.6. The van der Waals surface area contributed by atoms with Crippen molar-refractivity contribution in [3.05, 3.63) is 23.8 Å². The minimum Gasteiger partial charge on any atom is -0.481 e. The van der Waals surface area contributed by atoms with E-state index in [1.807, 2.05) is 12.1 Å². The van der Waals surface area contributed by atoms with Crippen LogP contribution in [0.3, 0.4) is 0 Å². The third-order valence-electron chi connectivity index (χ3n) is 8.35. The lowest BCUT2D eigenvalue weighted by Gasteiger charge is -2.29. The molecule has 0 aliphatic rings. The van der Waals surface area contributed by atoms with E-state index in [2.05, 4.69) is 57.1 Å². The van der Waals surface area contributed by atoms with Crippen LogP contribution in [0.1, 0.15) is 79.2 Å². The molecule has 2 atom stereocenters. The van der Waals surface area contributed by atoms with Crippen molar-refractivity contribution in [1.82, 2.24) is 5.32 Å². The zero-order valence-corrected chi connectivity index (χ0v) is 34.2. The largest absolute Gasteiger partial charge is 0.481 e. The van der Waals surface area contributed by atoms with E-state index in [4.69, 9.17) is 38.3 Å². The molecule has 0 spiro atoms. The van der Waals surface area contributed by atoms with Gasteiger partial charge in [-0.15, -0.1) is 0 Å². The maximum atomic E-state index is 12.7. The molecule has 15 nitrogen and oxygen atoms in total. The number of esters is 1. The lowest BCUT2D eigenvalue weighted by Crippen LogP contribution is -2.26. The average Bonchev–Trinajstić information content (AvgIpc) is 3.11. The summed E-state index contributed by atoms with van der Waals surface area (Å²) in [6, 6.07) is 5.53. The highest BCUT2D eigenvalue weighted by Crippen LogP contribution is 2.33. The number of ether oxygens (including phenoxy) is 7. The number of aliphatic carboxylic acids is 1. The predicted molar refractivity (Wildman–Crippen MR) is 209 cm³/mol. The molecule has 1 unspecified atom stereocenters. The Hall–Kier alpha value is -3.91. The molecular weight excluding hydrogens is 728 g/mol. The minimum atomic E-state index is -0.914. The van der Waals surface area contributed by atoms with Gasteiger partial charge in [-0.2, -0.15) is 0 Å². The number of amides is 2. The second-order valence-corrected chi connectivity index (χ2v) is 14.4. The van der Waals surface area contributed by atoms with Gasteiger partial charge in [0.2, 0.25) is 11.7 Å². The summed E-state index contributed by atoms with van der Waals surface area (Å²) in [5.41, 5.74) is 1.74. The van der Waals surface area contributed by atoms with Crippen LogP contribution in [0, 0.1) is 29.1 Å². The number of hydrogen-bond acceptors (Lipinski definition) is 12. The van der Waals surface area contributed by atoms with Gasteiger partial charge in [-0.3, -0.25) is 24.0 Å². The zero-order valence-electron chi connectivity index (χ0n) is 34.2. The summed E-state index contributed by atoms with van der Waals surface area (Å²) in [5, 5.41) is 13.9. The van der Waals surface area contributed by atoms with Crippen molar-refractivity contribution in [3.8, 4) is 17.6 Å². The van der Waals surface area contributed by atoms with Crippen LogP contribution in [-0.2, 0) is 58.8 Å². The maximum Gasteiger partial charge on any atom is 0.308 e. The number of Topliss-reactive ketones (excluding diaryl/α,β-unsaturated/α-hetero) is 1. The molecule has 0 bridgehead atoms. The normalized spacial score (nSPS) is 12.2. The molecule has 15 heteroatoms. The quantitative estimate of drug-likeness (QED) is 0.0318. The molecule has 316 valence electrons. The summed E-state index contributed by atoms with van der Waals surface area (Å²) in [4.78, 5) is 58.4. The van der Waals surface area contributed by atoms with Crippen molar-refractivity contribution in [1.29, 1.82) is 0 Å². The molecule has 0 aliphatic carbocycles. The topological polar surface area (TPSA) is 194 Å². The van der Waals surface area contributed by atoms with Gasteiger partial charge in [0.1, 0.15) is 0 Å². The van der Waals surface area contributed by atoms with Crippen molar-refractivity contribution < 1.29 is 62.2 Å². The minimum absolute atomic E-state index is 0.0497. The fourth-order valence-corrected chi connectivity index (χ4v) is 4.91. The molecule has 0 aliphatic heterocycles. The highest BCUT2D eigenvalue weighted by molar-refractivity contribution is 6.03. The maximum absolute atomic E-state index is 12.7. The summed E-state index contributed by atoms with van der Waals surface area (Å²) >= 11 is 0. The SMILES string of the molecule is CC(=O)Oc1ccc(C[C@H](C)CC(C)C(C)(C)C)cc1NC(=O)CCOCCOCCOCCCC(=O)C#CC(=O)NCCOCCOCCOCCC(=O)O. The number of carbonyl (C=O) groups is 5. The summed E-state index contributed by atoms with van der Waals surface area (Å²) in [6.45, 7) is 16.3. The van der Waals surface area contributed by atoms with Crippen molar-refractivity contribution >= 4 is 35.2 Å². The van der Waals surface area contributed by atoms with E-state index in [0.29, 0.717) is 89.2 Å². The fraction of sp³-hybridized carbons (Fsp3) is 0.683. The first-order valence-corrected chi connectivity index (χ1v) is 19.3. The molecule has 1 aromatic rings. The number of carboxylic acid groups (broad SMARTS) is 1.